The number of furan rings is 1. The summed E-state index contributed by atoms with van der Waals surface area (Å²) in [6.45, 7) is 3.12. The summed E-state index contributed by atoms with van der Waals surface area (Å²) in [6, 6.07) is 38.9. The van der Waals surface area contributed by atoms with Gasteiger partial charge in [-0.05, 0) is 161 Å². The van der Waals surface area contributed by atoms with Gasteiger partial charge in [-0.2, -0.15) is 0 Å². The van der Waals surface area contributed by atoms with Gasteiger partial charge in [0.25, 0.3) is 0 Å². The second kappa shape index (κ2) is 17.5. The molecule has 0 spiro atoms. The van der Waals surface area contributed by atoms with Gasteiger partial charge in [-0.1, -0.05) is 159 Å². The minimum Gasteiger partial charge on any atom is -0.501 e. The Kier molecular flexibility index (Phi) is 9.06. The molecule has 0 N–H and O–H groups in total. The second-order valence-corrected chi connectivity index (χ2v) is 20.2. The summed E-state index contributed by atoms with van der Waals surface area (Å²) in [5.74, 6) is 0.0282. The molecule has 2 aliphatic rings. The fraction of sp³-hybridized carbons (Fsp3) is 0.323. The van der Waals surface area contributed by atoms with Crippen LogP contribution >= 0.6 is 0 Å². The van der Waals surface area contributed by atoms with Gasteiger partial charge in [0.2, 0.25) is 0 Å². The van der Waals surface area contributed by atoms with Gasteiger partial charge in [0.15, 0.2) is 0 Å². The number of pyridine rings is 2. The van der Waals surface area contributed by atoms with Crippen molar-refractivity contribution in [1.82, 2.24) is 9.97 Å². The van der Waals surface area contributed by atoms with Crippen molar-refractivity contribution in [2.75, 3.05) is 0 Å². The van der Waals surface area contributed by atoms with Crippen LogP contribution in [0.2, 0.25) is 0 Å². The average Bonchev–Trinajstić information content (AvgIpc) is 3.74. The van der Waals surface area contributed by atoms with Crippen molar-refractivity contribution in [3.05, 3.63) is 155 Å². The van der Waals surface area contributed by atoms with Crippen LogP contribution in [0.1, 0.15) is 120 Å². The third-order valence-electron chi connectivity index (χ3n) is 15.2. The molecule has 5 heteroatoms. The fourth-order valence-electron chi connectivity index (χ4n) is 11.3. The maximum absolute atomic E-state index is 9.85. The van der Waals surface area contributed by atoms with Gasteiger partial charge in [0, 0.05) is 43.0 Å². The molecule has 2 aliphatic carbocycles. The van der Waals surface area contributed by atoms with Gasteiger partial charge in [-0.15, -0.1) is 11.6 Å². The molecule has 67 heavy (non-hydrogen) atoms. The molecule has 4 nitrogen and oxygen atoms in total. The van der Waals surface area contributed by atoms with Crippen LogP contribution in [-0.4, -0.2) is 9.97 Å². The molecule has 0 bridgehead atoms. The monoisotopic (exact) mass is 1070 g/mol. The molecule has 2 saturated carbocycles. The second-order valence-electron chi connectivity index (χ2n) is 20.2. The van der Waals surface area contributed by atoms with Crippen molar-refractivity contribution in [2.24, 2.45) is 22.6 Å². The number of rotatable bonds is 7. The molecule has 3 atom stereocenters. The Hall–Kier alpha value is -5.57. The summed E-state index contributed by atoms with van der Waals surface area (Å²) in [6.07, 6.45) is 9.78. The predicted molar refractivity (Wildman–Crippen MR) is 273 cm³/mol. The summed E-state index contributed by atoms with van der Waals surface area (Å²) in [4.78, 5) is 9.52. The molecule has 3 heterocycles. The Balaban J connectivity index is 0.00000672. The molecule has 340 valence electrons. The average molecular weight is 1070 g/mol. The van der Waals surface area contributed by atoms with E-state index in [1.807, 2.05) is 24.4 Å². The Morgan fingerprint density at radius 2 is 1.48 bits per heavy atom. The minimum atomic E-state index is -2.81. The molecule has 0 amide bonds. The van der Waals surface area contributed by atoms with Crippen molar-refractivity contribution in [3.63, 3.8) is 0 Å². The molecule has 0 radical (unpaired) electrons. The Morgan fingerprint density at radius 1 is 0.716 bits per heavy atom. The third kappa shape index (κ3) is 8.32. The normalized spacial score (nSPS) is 23.1. The Bertz CT molecular complexity index is 3740. The van der Waals surface area contributed by atoms with E-state index in [2.05, 4.69) is 94.2 Å². The van der Waals surface area contributed by atoms with Crippen LogP contribution in [0, 0.1) is 62.3 Å². The summed E-state index contributed by atoms with van der Waals surface area (Å²) < 4.78 is 99.8. The summed E-state index contributed by atoms with van der Waals surface area (Å²) >= 11 is 0. The van der Waals surface area contributed by atoms with Crippen LogP contribution in [0.4, 0.5) is 0 Å². The molecule has 9 aromatic rings. The van der Waals surface area contributed by atoms with Gasteiger partial charge in [0.1, 0.15) is 5.58 Å². The van der Waals surface area contributed by atoms with Crippen molar-refractivity contribution in [1.29, 1.82) is 0 Å². The Morgan fingerprint density at radius 3 is 2.27 bits per heavy atom. The van der Waals surface area contributed by atoms with E-state index in [0.29, 0.717) is 39.3 Å². The zero-order chi connectivity index (χ0) is 53.9. The van der Waals surface area contributed by atoms with E-state index in [0.717, 1.165) is 83.6 Å². The van der Waals surface area contributed by atoms with Gasteiger partial charge >= 0.3 is 21.1 Å². The largest absolute Gasteiger partial charge is 2.00 e. The molecule has 3 aromatic heterocycles. The maximum Gasteiger partial charge on any atom is 2.00 e. The summed E-state index contributed by atoms with van der Waals surface area (Å²) in [5.41, 5.74) is 4.79. The molecular formula is C62H60N2O2Pt. The molecule has 0 saturated heterocycles. The number of ether oxygens (including phenoxy) is 1. The molecule has 6 aromatic carbocycles. The van der Waals surface area contributed by atoms with Gasteiger partial charge < -0.3 is 19.1 Å². The van der Waals surface area contributed by atoms with Gasteiger partial charge in [-0.3, -0.25) is 0 Å². The SMILES string of the molecule is [2H]C([2H])([2H])c1cnc(-c2[c-]c(Oc3[c-]c(-c4cc(C5CCC(C)(C6([2H])CCC(C)(C)CC6)CC5C)c(C)cn4)c4oc5cc6c(ccc7ccccc76)cc5c4c3)c(C([2H])([2H])[2H])c(-c3ccccc3)c2)cc1C([2H])([2H])[2H].[Pt+2]. The van der Waals surface area contributed by atoms with Crippen LogP contribution in [0.3, 0.4) is 0 Å². The van der Waals surface area contributed by atoms with Crippen LogP contribution < -0.4 is 4.74 Å². The van der Waals surface area contributed by atoms with E-state index in [1.54, 1.807) is 36.4 Å². The Labute approximate surface area is 424 Å². The summed E-state index contributed by atoms with van der Waals surface area (Å²) in [7, 11) is 0. The van der Waals surface area contributed by atoms with E-state index in [-0.39, 0.29) is 71.7 Å². The first-order chi connectivity index (χ1) is 35.8. The van der Waals surface area contributed by atoms with Crippen LogP contribution in [0.15, 0.2) is 120 Å². The van der Waals surface area contributed by atoms with Crippen LogP contribution in [0.5, 0.6) is 11.5 Å². The zero-order valence-corrected chi connectivity index (χ0v) is 40.9. The first kappa shape index (κ1) is 34.7. The van der Waals surface area contributed by atoms with E-state index in [4.69, 9.17) is 26.5 Å². The number of hydrogen-bond donors (Lipinski definition) is 0. The number of nitrogens with zero attached hydrogens (tertiary/aromatic N) is 2. The quantitative estimate of drug-likeness (QED) is 0.118. The molecule has 11 rings (SSSR count). The van der Waals surface area contributed by atoms with Crippen molar-refractivity contribution in [2.45, 2.75) is 106 Å². The van der Waals surface area contributed by atoms with Gasteiger partial charge in [0.05, 0.1) is 5.58 Å². The minimum absolute atomic E-state index is 0. The van der Waals surface area contributed by atoms with E-state index in [1.165, 1.54) is 11.6 Å². The van der Waals surface area contributed by atoms with Crippen LogP contribution in [-0.2, 0) is 21.1 Å². The smallest absolute Gasteiger partial charge is 0.501 e. The third-order valence-corrected chi connectivity index (χ3v) is 15.2. The summed E-state index contributed by atoms with van der Waals surface area (Å²) in [5, 5.41) is 5.69. The molecule has 0 aliphatic heterocycles. The fourth-order valence-corrected chi connectivity index (χ4v) is 11.3. The first-order valence-corrected chi connectivity index (χ1v) is 23.4. The van der Waals surface area contributed by atoms with E-state index >= 15 is 0 Å². The maximum atomic E-state index is 9.85. The molecular weight excluding hydrogens is 1000 g/mol. The number of aromatic nitrogens is 2. The zero-order valence-electron chi connectivity index (χ0n) is 48.6. The van der Waals surface area contributed by atoms with Gasteiger partial charge in [-0.25, -0.2) is 0 Å². The van der Waals surface area contributed by atoms with Crippen molar-refractivity contribution >= 4 is 43.5 Å². The van der Waals surface area contributed by atoms with E-state index in [9.17, 15) is 1.37 Å². The van der Waals surface area contributed by atoms with Crippen LogP contribution in [0.25, 0.3) is 77.1 Å². The predicted octanol–water partition coefficient (Wildman–Crippen LogP) is 17.4. The standard InChI is InChI=1S/C62H60N2O2.Pt/c1-37-26-56(63-35-39(37)3)45-28-51(42-14-10-9-11-15-42)41(5)58(29-45)65-47-30-54-53-27-44-19-18-43-16-12-13-17-49(43)52(44)33-59(53)66-60(54)55(31-47)57-32-50(40(4)36-64-57)48-22-25-62(8,34-38(48)2)46-20-23-61(6,7)24-21-46;/h9-19,26-28,30,32-33,35-36,38,46,48H,20-25,34H2,1-8H3;/q-2;+2/i1D3,3D3,5D3,46D;. The first-order valence-electron chi connectivity index (χ1n) is 28.4. The van der Waals surface area contributed by atoms with E-state index < -0.39 is 37.6 Å². The number of benzene rings is 6. The van der Waals surface area contributed by atoms with Crippen molar-refractivity contribution < 1.29 is 43.9 Å². The number of fused-ring (bicyclic) bond motifs is 6. The topological polar surface area (TPSA) is 48.2 Å². The number of hydrogen-bond acceptors (Lipinski definition) is 4. The molecule has 2 fully saturated rings. The van der Waals surface area contributed by atoms with Crippen molar-refractivity contribution in [3.8, 4) is 45.1 Å². The molecule has 3 unspecified atom stereocenters. The number of aryl methyl sites for hydroxylation is 3.